The predicted molar refractivity (Wildman–Crippen MR) is 86.5 cm³/mol. The van der Waals surface area contributed by atoms with E-state index in [1.165, 1.54) is 0 Å². The molecule has 20 heavy (non-hydrogen) atoms. The van der Waals surface area contributed by atoms with Gasteiger partial charge in [-0.1, -0.05) is 35.3 Å². The zero-order valence-electron chi connectivity index (χ0n) is 12.4. The number of benzene rings is 1. The summed E-state index contributed by atoms with van der Waals surface area (Å²) in [5.74, 6) is 0. The van der Waals surface area contributed by atoms with Crippen molar-refractivity contribution < 1.29 is 0 Å². The average Bonchev–Trinajstić information content (AvgIpc) is 2.39. The SMILES string of the molecule is CN1CCN(C(CN)c2cccc(Cl)c2Cl)CC1(C)C. The van der Waals surface area contributed by atoms with Gasteiger partial charge in [-0.25, -0.2) is 0 Å². The number of likely N-dealkylation sites (N-methyl/N-ethyl adjacent to an activating group) is 1. The number of halogens is 2. The molecular weight excluding hydrogens is 293 g/mol. The van der Waals surface area contributed by atoms with Crippen molar-refractivity contribution in [1.29, 1.82) is 0 Å². The molecule has 1 fully saturated rings. The maximum absolute atomic E-state index is 6.36. The molecule has 1 aromatic rings. The average molecular weight is 316 g/mol. The minimum absolute atomic E-state index is 0.120. The van der Waals surface area contributed by atoms with Gasteiger partial charge in [-0.15, -0.1) is 0 Å². The second-order valence-electron chi connectivity index (χ2n) is 6.10. The van der Waals surface area contributed by atoms with E-state index in [1.54, 1.807) is 0 Å². The largest absolute Gasteiger partial charge is 0.329 e. The zero-order valence-corrected chi connectivity index (χ0v) is 13.9. The van der Waals surface area contributed by atoms with Gasteiger partial charge in [0.1, 0.15) is 0 Å². The first-order valence-electron chi connectivity index (χ1n) is 6.96. The van der Waals surface area contributed by atoms with Crippen LogP contribution in [0.25, 0.3) is 0 Å². The van der Waals surface area contributed by atoms with Crippen LogP contribution in [0.15, 0.2) is 18.2 Å². The van der Waals surface area contributed by atoms with Crippen LogP contribution in [-0.4, -0.2) is 48.6 Å². The Morgan fingerprint density at radius 2 is 2.00 bits per heavy atom. The molecule has 0 radical (unpaired) electrons. The quantitative estimate of drug-likeness (QED) is 0.930. The van der Waals surface area contributed by atoms with Crippen LogP contribution < -0.4 is 5.73 Å². The molecule has 1 heterocycles. The van der Waals surface area contributed by atoms with Crippen LogP contribution >= 0.6 is 23.2 Å². The van der Waals surface area contributed by atoms with E-state index in [0.717, 1.165) is 25.2 Å². The highest BCUT2D eigenvalue weighted by molar-refractivity contribution is 6.42. The molecule has 0 saturated carbocycles. The number of hydrogen-bond acceptors (Lipinski definition) is 3. The molecule has 1 aromatic carbocycles. The normalized spacial score (nSPS) is 21.9. The molecule has 0 bridgehead atoms. The van der Waals surface area contributed by atoms with Crippen molar-refractivity contribution in [2.45, 2.75) is 25.4 Å². The molecule has 0 aliphatic carbocycles. The summed E-state index contributed by atoms with van der Waals surface area (Å²) in [5.41, 5.74) is 7.19. The lowest BCUT2D eigenvalue weighted by molar-refractivity contribution is 0.0180. The monoisotopic (exact) mass is 315 g/mol. The van der Waals surface area contributed by atoms with Crippen LogP contribution in [0.3, 0.4) is 0 Å². The number of hydrogen-bond donors (Lipinski definition) is 1. The Balaban J connectivity index is 2.27. The molecule has 1 aliphatic heterocycles. The molecule has 1 saturated heterocycles. The van der Waals surface area contributed by atoms with E-state index in [1.807, 2.05) is 18.2 Å². The Kier molecular flexibility index (Phi) is 4.98. The minimum atomic E-state index is 0.120. The van der Waals surface area contributed by atoms with Gasteiger partial charge in [-0.2, -0.15) is 0 Å². The summed E-state index contributed by atoms with van der Waals surface area (Å²) in [6.45, 7) is 8.04. The van der Waals surface area contributed by atoms with Crippen molar-refractivity contribution in [1.82, 2.24) is 9.80 Å². The first-order valence-corrected chi connectivity index (χ1v) is 7.71. The van der Waals surface area contributed by atoms with E-state index >= 15 is 0 Å². The van der Waals surface area contributed by atoms with Gasteiger partial charge >= 0.3 is 0 Å². The lowest BCUT2D eigenvalue weighted by Gasteiger charge is -2.48. The third kappa shape index (κ3) is 3.12. The van der Waals surface area contributed by atoms with Crippen molar-refractivity contribution in [2.24, 2.45) is 5.73 Å². The van der Waals surface area contributed by atoms with E-state index in [2.05, 4.69) is 30.7 Å². The molecule has 1 aliphatic rings. The topological polar surface area (TPSA) is 32.5 Å². The van der Waals surface area contributed by atoms with Gasteiger partial charge in [-0.05, 0) is 32.5 Å². The van der Waals surface area contributed by atoms with Crippen LogP contribution in [0.2, 0.25) is 10.0 Å². The number of nitrogens with two attached hydrogens (primary N) is 1. The Morgan fingerprint density at radius 3 is 2.60 bits per heavy atom. The van der Waals surface area contributed by atoms with Crippen LogP contribution in [-0.2, 0) is 0 Å². The maximum atomic E-state index is 6.36. The molecule has 3 nitrogen and oxygen atoms in total. The van der Waals surface area contributed by atoms with Gasteiger partial charge < -0.3 is 5.73 Å². The summed E-state index contributed by atoms with van der Waals surface area (Å²) in [7, 11) is 2.17. The van der Waals surface area contributed by atoms with Gasteiger partial charge in [0.25, 0.3) is 0 Å². The highest BCUT2D eigenvalue weighted by Gasteiger charge is 2.34. The lowest BCUT2D eigenvalue weighted by atomic mass is 9.96. The summed E-state index contributed by atoms with van der Waals surface area (Å²) < 4.78 is 0. The van der Waals surface area contributed by atoms with Gasteiger partial charge in [0.2, 0.25) is 0 Å². The standard InChI is InChI=1S/C15H23Cl2N3/c1-15(2)10-20(8-7-19(15)3)13(9-18)11-5-4-6-12(16)14(11)17/h4-6,13H,7-10,18H2,1-3H3. The molecule has 0 amide bonds. The van der Waals surface area contributed by atoms with Crippen LogP contribution in [0, 0.1) is 0 Å². The van der Waals surface area contributed by atoms with Gasteiger partial charge in [-0.3, -0.25) is 9.80 Å². The minimum Gasteiger partial charge on any atom is -0.329 e. The summed E-state index contributed by atoms with van der Waals surface area (Å²) in [5, 5.41) is 1.22. The van der Waals surface area contributed by atoms with Crippen molar-refractivity contribution in [3.8, 4) is 0 Å². The Morgan fingerprint density at radius 1 is 1.30 bits per heavy atom. The molecule has 0 spiro atoms. The fourth-order valence-corrected chi connectivity index (χ4v) is 3.23. The first-order chi connectivity index (χ1) is 9.36. The predicted octanol–water partition coefficient (Wildman–Crippen LogP) is 3.02. The van der Waals surface area contributed by atoms with Crippen molar-refractivity contribution in [3.05, 3.63) is 33.8 Å². The van der Waals surface area contributed by atoms with E-state index in [-0.39, 0.29) is 11.6 Å². The summed E-state index contributed by atoms with van der Waals surface area (Å²) in [6, 6.07) is 5.90. The fraction of sp³-hybridized carbons (Fsp3) is 0.600. The summed E-state index contributed by atoms with van der Waals surface area (Å²) >= 11 is 12.5. The van der Waals surface area contributed by atoms with Crippen LogP contribution in [0.4, 0.5) is 0 Å². The van der Waals surface area contributed by atoms with E-state index in [9.17, 15) is 0 Å². The van der Waals surface area contributed by atoms with Crippen LogP contribution in [0.5, 0.6) is 0 Å². The van der Waals surface area contributed by atoms with E-state index in [4.69, 9.17) is 28.9 Å². The second kappa shape index (κ2) is 6.20. The van der Waals surface area contributed by atoms with Crippen molar-refractivity contribution in [3.63, 3.8) is 0 Å². The third-order valence-corrected chi connectivity index (χ3v) is 5.18. The molecule has 1 unspecified atom stereocenters. The van der Waals surface area contributed by atoms with Crippen molar-refractivity contribution >= 4 is 23.2 Å². The molecule has 2 N–H and O–H groups in total. The number of piperazine rings is 1. The summed E-state index contributed by atoms with van der Waals surface area (Å²) in [6.07, 6.45) is 0. The van der Waals surface area contributed by atoms with Gasteiger partial charge in [0.05, 0.1) is 10.0 Å². The molecule has 2 rings (SSSR count). The third-order valence-electron chi connectivity index (χ3n) is 4.35. The fourth-order valence-electron chi connectivity index (χ4n) is 2.79. The van der Waals surface area contributed by atoms with Crippen LogP contribution in [0.1, 0.15) is 25.5 Å². The number of rotatable bonds is 3. The van der Waals surface area contributed by atoms with E-state index < -0.39 is 0 Å². The summed E-state index contributed by atoms with van der Waals surface area (Å²) in [4.78, 5) is 4.80. The molecule has 5 heteroatoms. The highest BCUT2D eigenvalue weighted by atomic mass is 35.5. The first kappa shape index (κ1) is 16.1. The Hall–Kier alpha value is -0.320. The highest BCUT2D eigenvalue weighted by Crippen LogP contribution is 2.34. The van der Waals surface area contributed by atoms with Gasteiger partial charge in [0, 0.05) is 37.8 Å². The lowest BCUT2D eigenvalue weighted by Crippen LogP contribution is -2.58. The second-order valence-corrected chi connectivity index (χ2v) is 6.88. The van der Waals surface area contributed by atoms with E-state index in [0.29, 0.717) is 16.6 Å². The smallest absolute Gasteiger partial charge is 0.0640 e. The molecule has 112 valence electrons. The zero-order chi connectivity index (χ0) is 14.9. The Labute approximate surface area is 131 Å². The maximum Gasteiger partial charge on any atom is 0.0640 e. The van der Waals surface area contributed by atoms with Crippen molar-refractivity contribution in [2.75, 3.05) is 33.2 Å². The number of nitrogens with zero attached hydrogens (tertiary/aromatic N) is 2. The molecule has 0 aromatic heterocycles. The van der Waals surface area contributed by atoms with Gasteiger partial charge in [0.15, 0.2) is 0 Å². The Bertz CT molecular complexity index is 476. The molecular formula is C15H23Cl2N3. The molecule has 1 atom stereocenters.